The van der Waals surface area contributed by atoms with Crippen LogP contribution in [-0.4, -0.2) is 21.6 Å². The Hall–Kier alpha value is -1.07. The number of hydrogen-bond acceptors (Lipinski definition) is 3. The molecule has 1 N–H and O–H groups in total. The van der Waals surface area contributed by atoms with Gasteiger partial charge in [0.15, 0.2) is 0 Å². The van der Waals surface area contributed by atoms with Crippen LogP contribution in [0, 0.1) is 25.7 Å². The second-order valence-electron chi connectivity index (χ2n) is 6.23. The minimum atomic E-state index is -3.54. The molecule has 0 saturated heterocycles. The molecule has 0 radical (unpaired) electrons. The van der Waals surface area contributed by atoms with Crippen molar-refractivity contribution in [3.05, 3.63) is 23.3 Å². The summed E-state index contributed by atoms with van der Waals surface area (Å²) in [4.78, 5) is 0.356. The van der Waals surface area contributed by atoms with E-state index in [-0.39, 0.29) is 17.9 Å². The number of ether oxygens (including phenoxy) is 1. The van der Waals surface area contributed by atoms with E-state index >= 15 is 0 Å². The van der Waals surface area contributed by atoms with Gasteiger partial charge in [-0.25, -0.2) is 13.1 Å². The van der Waals surface area contributed by atoms with Crippen LogP contribution in [0.3, 0.4) is 0 Å². The average molecular weight is 313 g/mol. The summed E-state index contributed by atoms with van der Waals surface area (Å²) in [6, 6.07) is 3.42. The minimum absolute atomic E-state index is 0.0871. The van der Waals surface area contributed by atoms with Gasteiger partial charge < -0.3 is 4.74 Å². The maximum atomic E-state index is 12.7. The number of benzene rings is 1. The Bertz CT molecular complexity index is 561. The van der Waals surface area contributed by atoms with Crippen LogP contribution in [0.25, 0.3) is 0 Å². The van der Waals surface area contributed by atoms with E-state index in [1.165, 1.54) is 0 Å². The van der Waals surface area contributed by atoms with Gasteiger partial charge in [0.1, 0.15) is 5.75 Å². The molecule has 0 spiro atoms. The number of hydrogen-bond donors (Lipinski definition) is 1. The van der Waals surface area contributed by atoms with Crippen LogP contribution in [0.1, 0.15) is 38.8 Å². The van der Waals surface area contributed by atoms with Gasteiger partial charge in [0.2, 0.25) is 10.0 Å². The minimum Gasteiger partial charge on any atom is -0.497 e. The summed E-state index contributed by atoms with van der Waals surface area (Å²) in [6.07, 6.45) is 0. The van der Waals surface area contributed by atoms with Crippen LogP contribution in [0.15, 0.2) is 17.0 Å². The number of rotatable bonds is 6. The third-order valence-electron chi connectivity index (χ3n) is 3.67. The van der Waals surface area contributed by atoms with Gasteiger partial charge in [0.25, 0.3) is 0 Å². The summed E-state index contributed by atoms with van der Waals surface area (Å²) in [5, 5.41) is 0. The molecule has 1 aromatic carbocycles. The van der Waals surface area contributed by atoms with E-state index in [1.54, 1.807) is 33.1 Å². The van der Waals surface area contributed by atoms with Gasteiger partial charge in [0, 0.05) is 6.04 Å². The highest BCUT2D eigenvalue weighted by Gasteiger charge is 2.27. The molecule has 0 saturated carbocycles. The molecule has 0 fully saturated rings. The molecule has 0 heterocycles. The van der Waals surface area contributed by atoms with Gasteiger partial charge in [-0.15, -0.1) is 0 Å². The summed E-state index contributed by atoms with van der Waals surface area (Å²) in [6.45, 7) is 11.7. The summed E-state index contributed by atoms with van der Waals surface area (Å²) in [7, 11) is -1.96. The van der Waals surface area contributed by atoms with Crippen LogP contribution < -0.4 is 9.46 Å². The Morgan fingerprint density at radius 1 is 1.00 bits per heavy atom. The lowest BCUT2D eigenvalue weighted by atomic mass is 9.94. The third-order valence-corrected chi connectivity index (χ3v) is 5.43. The quantitative estimate of drug-likeness (QED) is 0.877. The van der Waals surface area contributed by atoms with Crippen molar-refractivity contribution in [3.8, 4) is 5.75 Å². The predicted molar refractivity (Wildman–Crippen MR) is 86.3 cm³/mol. The van der Waals surface area contributed by atoms with Gasteiger partial charge in [-0.05, 0) is 48.9 Å². The summed E-state index contributed by atoms with van der Waals surface area (Å²) in [5.41, 5.74) is 1.40. The van der Waals surface area contributed by atoms with Crippen molar-refractivity contribution in [2.75, 3.05) is 7.11 Å². The van der Waals surface area contributed by atoms with Crippen molar-refractivity contribution >= 4 is 10.0 Å². The van der Waals surface area contributed by atoms with Crippen molar-refractivity contribution in [1.29, 1.82) is 0 Å². The normalized spacial score (nSPS) is 12.5. The zero-order valence-corrected chi connectivity index (χ0v) is 14.8. The Kier molecular flexibility index (Phi) is 5.82. The molecule has 1 rings (SSSR count). The lowest BCUT2D eigenvalue weighted by Gasteiger charge is -2.26. The fourth-order valence-electron chi connectivity index (χ4n) is 2.73. The number of nitrogens with one attached hydrogen (secondary N) is 1. The van der Waals surface area contributed by atoms with Crippen LogP contribution in [0.2, 0.25) is 0 Å². The maximum Gasteiger partial charge on any atom is 0.241 e. The van der Waals surface area contributed by atoms with E-state index in [0.717, 1.165) is 0 Å². The van der Waals surface area contributed by atoms with E-state index in [2.05, 4.69) is 4.72 Å². The SMILES string of the molecule is COc1cc(C)c(S(=O)(=O)NC(C(C)C)C(C)C)c(C)c1. The van der Waals surface area contributed by atoms with Gasteiger partial charge in [-0.3, -0.25) is 0 Å². The van der Waals surface area contributed by atoms with E-state index in [4.69, 9.17) is 4.74 Å². The largest absolute Gasteiger partial charge is 0.497 e. The van der Waals surface area contributed by atoms with Crippen LogP contribution >= 0.6 is 0 Å². The molecule has 0 unspecified atom stereocenters. The lowest BCUT2D eigenvalue weighted by molar-refractivity contribution is 0.355. The first-order chi connectivity index (χ1) is 9.60. The monoisotopic (exact) mass is 313 g/mol. The lowest BCUT2D eigenvalue weighted by Crippen LogP contribution is -2.42. The summed E-state index contributed by atoms with van der Waals surface area (Å²) < 4.78 is 33.5. The molecule has 0 aromatic heterocycles. The first kappa shape index (κ1) is 18.0. The third kappa shape index (κ3) is 4.20. The Labute approximate surface area is 129 Å². The molecule has 0 aliphatic carbocycles. The summed E-state index contributed by atoms with van der Waals surface area (Å²) in [5.74, 6) is 1.14. The van der Waals surface area contributed by atoms with Crippen molar-refractivity contribution < 1.29 is 13.2 Å². The fraction of sp³-hybridized carbons (Fsp3) is 0.625. The van der Waals surface area contributed by atoms with Gasteiger partial charge >= 0.3 is 0 Å². The second kappa shape index (κ2) is 6.79. The van der Waals surface area contributed by atoms with E-state index < -0.39 is 10.0 Å². The molecule has 0 aliphatic heterocycles. The number of methoxy groups -OCH3 is 1. The first-order valence-corrected chi connectivity index (χ1v) is 8.76. The molecule has 0 bridgehead atoms. The molecule has 120 valence electrons. The van der Waals surface area contributed by atoms with Crippen LogP contribution in [0.5, 0.6) is 5.75 Å². The Balaban J connectivity index is 3.26. The van der Waals surface area contributed by atoms with E-state index in [9.17, 15) is 8.42 Å². The topological polar surface area (TPSA) is 55.4 Å². The highest BCUT2D eigenvalue weighted by Crippen LogP contribution is 2.26. The number of aryl methyl sites for hydroxylation is 2. The van der Waals surface area contributed by atoms with Crippen LogP contribution in [-0.2, 0) is 10.0 Å². The number of sulfonamides is 1. The van der Waals surface area contributed by atoms with Gasteiger partial charge in [-0.2, -0.15) is 0 Å². The Morgan fingerprint density at radius 3 is 1.76 bits per heavy atom. The van der Waals surface area contributed by atoms with Crippen molar-refractivity contribution in [3.63, 3.8) is 0 Å². The zero-order valence-electron chi connectivity index (χ0n) is 14.0. The Morgan fingerprint density at radius 2 is 1.43 bits per heavy atom. The maximum absolute atomic E-state index is 12.7. The van der Waals surface area contributed by atoms with Gasteiger partial charge in [-0.1, -0.05) is 27.7 Å². The molecular weight excluding hydrogens is 286 g/mol. The highest BCUT2D eigenvalue weighted by atomic mass is 32.2. The standard InChI is InChI=1S/C16H27NO3S/c1-10(2)15(11(3)4)17-21(18,19)16-12(5)8-14(20-7)9-13(16)6/h8-11,15,17H,1-7H3. The van der Waals surface area contributed by atoms with Gasteiger partial charge in [0.05, 0.1) is 12.0 Å². The fourth-order valence-corrected chi connectivity index (χ4v) is 4.72. The second-order valence-corrected chi connectivity index (χ2v) is 7.88. The van der Waals surface area contributed by atoms with E-state index in [0.29, 0.717) is 21.8 Å². The zero-order chi connectivity index (χ0) is 16.4. The average Bonchev–Trinajstić information content (AvgIpc) is 2.33. The van der Waals surface area contributed by atoms with Crippen molar-refractivity contribution in [2.45, 2.75) is 52.5 Å². The van der Waals surface area contributed by atoms with E-state index in [1.807, 2.05) is 27.7 Å². The molecule has 21 heavy (non-hydrogen) atoms. The molecule has 4 nitrogen and oxygen atoms in total. The van der Waals surface area contributed by atoms with Crippen molar-refractivity contribution in [2.24, 2.45) is 11.8 Å². The molecule has 5 heteroatoms. The van der Waals surface area contributed by atoms with Crippen molar-refractivity contribution in [1.82, 2.24) is 4.72 Å². The highest BCUT2D eigenvalue weighted by molar-refractivity contribution is 7.89. The molecule has 1 aromatic rings. The smallest absolute Gasteiger partial charge is 0.241 e. The molecule has 0 aliphatic rings. The molecule has 0 amide bonds. The first-order valence-electron chi connectivity index (χ1n) is 7.27. The predicted octanol–water partition coefficient (Wildman–Crippen LogP) is 3.27. The molecular formula is C16H27NO3S. The summed E-state index contributed by atoms with van der Waals surface area (Å²) >= 11 is 0. The van der Waals surface area contributed by atoms with Crippen LogP contribution in [0.4, 0.5) is 0 Å². The molecule has 0 atom stereocenters.